The lowest BCUT2D eigenvalue weighted by Crippen LogP contribution is -2.43. The predicted molar refractivity (Wildman–Crippen MR) is 95.2 cm³/mol. The summed E-state index contributed by atoms with van der Waals surface area (Å²) in [5, 5.41) is 18.4. The monoisotopic (exact) mass is 341 g/mol. The average molecular weight is 341 g/mol. The van der Waals surface area contributed by atoms with Crippen LogP contribution in [-0.4, -0.2) is 53.1 Å². The van der Waals surface area contributed by atoms with E-state index in [1.807, 2.05) is 36.4 Å². The highest BCUT2D eigenvalue weighted by Crippen LogP contribution is 2.18. The van der Waals surface area contributed by atoms with Crippen LogP contribution >= 0.6 is 0 Å². The Labute approximate surface area is 147 Å². The molecule has 2 aromatic carbocycles. The molecule has 0 saturated heterocycles. The molecule has 0 fully saturated rings. The van der Waals surface area contributed by atoms with Crippen LogP contribution in [0.2, 0.25) is 0 Å². The zero-order chi connectivity index (χ0) is 18.1. The fourth-order valence-corrected chi connectivity index (χ4v) is 2.74. The number of hydrogen-bond donors (Lipinski definition) is 2. The van der Waals surface area contributed by atoms with E-state index in [1.165, 1.54) is 4.90 Å². The van der Waals surface area contributed by atoms with Crippen LogP contribution in [0.5, 0.6) is 0 Å². The Hall–Kier alpha value is -2.50. The maximum Gasteiger partial charge on any atom is 0.234 e. The van der Waals surface area contributed by atoms with Crippen molar-refractivity contribution in [2.24, 2.45) is 5.92 Å². The fraction of sp³-hybridized carbons (Fsp3) is 0.300. The van der Waals surface area contributed by atoms with Crippen molar-refractivity contribution in [3.8, 4) is 0 Å². The molecular formula is C20H23NO4. The lowest BCUT2D eigenvalue weighted by molar-refractivity contribution is -0.135. The second kappa shape index (κ2) is 9.71. The van der Waals surface area contributed by atoms with Crippen molar-refractivity contribution in [2.45, 2.75) is 6.42 Å². The number of hydrogen-bond acceptors (Lipinski definition) is 4. The van der Waals surface area contributed by atoms with Crippen LogP contribution in [0.3, 0.4) is 0 Å². The summed E-state index contributed by atoms with van der Waals surface area (Å²) < 4.78 is 0. The SMILES string of the molecule is O=C(c1ccccc1)C(Cc1ccccc1)C(=O)N(CCO)CCO. The Morgan fingerprint density at radius 2 is 1.36 bits per heavy atom. The Kier molecular flexibility index (Phi) is 7.32. The van der Waals surface area contributed by atoms with Crippen molar-refractivity contribution in [1.29, 1.82) is 0 Å². The second-order valence-electron chi connectivity index (χ2n) is 5.75. The maximum absolute atomic E-state index is 12.9. The number of carbonyl (C=O) groups is 2. The van der Waals surface area contributed by atoms with Gasteiger partial charge in [-0.25, -0.2) is 0 Å². The molecule has 0 aliphatic heterocycles. The van der Waals surface area contributed by atoms with E-state index in [0.29, 0.717) is 5.56 Å². The third-order valence-corrected chi connectivity index (χ3v) is 4.01. The number of amides is 1. The van der Waals surface area contributed by atoms with Gasteiger partial charge in [0.05, 0.1) is 13.2 Å². The van der Waals surface area contributed by atoms with Gasteiger partial charge in [-0.3, -0.25) is 9.59 Å². The van der Waals surface area contributed by atoms with Gasteiger partial charge in [0.2, 0.25) is 5.91 Å². The molecule has 0 heterocycles. The molecule has 132 valence electrons. The van der Waals surface area contributed by atoms with E-state index in [4.69, 9.17) is 0 Å². The number of carbonyl (C=O) groups excluding carboxylic acids is 2. The van der Waals surface area contributed by atoms with E-state index in [9.17, 15) is 19.8 Å². The van der Waals surface area contributed by atoms with E-state index in [1.54, 1.807) is 24.3 Å². The molecule has 2 aromatic rings. The summed E-state index contributed by atoms with van der Waals surface area (Å²) in [7, 11) is 0. The Balaban J connectivity index is 2.30. The van der Waals surface area contributed by atoms with Crippen LogP contribution in [0.25, 0.3) is 0 Å². The van der Waals surface area contributed by atoms with Gasteiger partial charge >= 0.3 is 0 Å². The first-order valence-electron chi connectivity index (χ1n) is 8.31. The lowest BCUT2D eigenvalue weighted by Gasteiger charge is -2.26. The first kappa shape index (κ1) is 18.8. The van der Waals surface area contributed by atoms with Gasteiger partial charge in [-0.05, 0) is 12.0 Å². The third-order valence-electron chi connectivity index (χ3n) is 4.01. The molecule has 0 saturated carbocycles. The number of benzene rings is 2. The molecule has 25 heavy (non-hydrogen) atoms. The average Bonchev–Trinajstić information content (AvgIpc) is 2.66. The number of rotatable bonds is 9. The summed E-state index contributed by atoms with van der Waals surface area (Å²) in [5.41, 5.74) is 1.36. The minimum atomic E-state index is -0.886. The molecule has 1 unspecified atom stereocenters. The Bertz CT molecular complexity index is 667. The van der Waals surface area contributed by atoms with Gasteiger partial charge in [-0.2, -0.15) is 0 Å². The smallest absolute Gasteiger partial charge is 0.234 e. The van der Waals surface area contributed by atoms with E-state index in [-0.39, 0.29) is 44.4 Å². The van der Waals surface area contributed by atoms with Crippen molar-refractivity contribution in [1.82, 2.24) is 4.90 Å². The fourth-order valence-electron chi connectivity index (χ4n) is 2.74. The first-order valence-corrected chi connectivity index (χ1v) is 8.31. The van der Waals surface area contributed by atoms with Crippen LogP contribution in [0, 0.1) is 5.92 Å². The molecular weight excluding hydrogens is 318 g/mol. The number of aliphatic hydroxyl groups is 2. The highest BCUT2D eigenvalue weighted by Gasteiger charge is 2.31. The van der Waals surface area contributed by atoms with Crippen molar-refractivity contribution in [3.05, 3.63) is 71.8 Å². The molecule has 2 rings (SSSR count). The van der Waals surface area contributed by atoms with Gasteiger partial charge in [0, 0.05) is 18.7 Å². The molecule has 1 atom stereocenters. The molecule has 1 amide bonds. The normalized spacial score (nSPS) is 11.8. The first-order chi connectivity index (χ1) is 12.2. The van der Waals surface area contributed by atoms with E-state index >= 15 is 0 Å². The lowest BCUT2D eigenvalue weighted by atomic mass is 9.90. The molecule has 0 aliphatic rings. The minimum Gasteiger partial charge on any atom is -0.395 e. The molecule has 0 aromatic heterocycles. The number of aliphatic hydroxyl groups excluding tert-OH is 2. The number of Topliss-reactive ketones (excluding diaryl/α,β-unsaturated/α-hetero) is 1. The second-order valence-corrected chi connectivity index (χ2v) is 5.75. The van der Waals surface area contributed by atoms with Gasteiger partial charge < -0.3 is 15.1 Å². The number of nitrogens with zero attached hydrogens (tertiary/aromatic N) is 1. The summed E-state index contributed by atoms with van der Waals surface area (Å²) in [4.78, 5) is 27.2. The van der Waals surface area contributed by atoms with Crippen molar-refractivity contribution in [3.63, 3.8) is 0 Å². The largest absolute Gasteiger partial charge is 0.395 e. The summed E-state index contributed by atoms with van der Waals surface area (Å²) in [6, 6.07) is 18.1. The highest BCUT2D eigenvalue weighted by atomic mass is 16.3. The van der Waals surface area contributed by atoms with Crippen molar-refractivity contribution in [2.75, 3.05) is 26.3 Å². The van der Waals surface area contributed by atoms with Gasteiger partial charge in [0.15, 0.2) is 5.78 Å². The summed E-state index contributed by atoms with van der Waals surface area (Å²) in [6.45, 7) is -0.258. The predicted octanol–water partition coefficient (Wildman–Crippen LogP) is 1.54. The highest BCUT2D eigenvalue weighted by molar-refractivity contribution is 6.10. The maximum atomic E-state index is 12.9. The summed E-state index contributed by atoms with van der Waals surface area (Å²) >= 11 is 0. The van der Waals surface area contributed by atoms with Crippen LogP contribution in [0.15, 0.2) is 60.7 Å². The molecule has 5 nitrogen and oxygen atoms in total. The molecule has 2 N–H and O–H groups in total. The summed E-state index contributed by atoms with van der Waals surface area (Å²) in [5.74, 6) is -1.51. The summed E-state index contributed by atoms with van der Waals surface area (Å²) in [6.07, 6.45) is 0.279. The molecule has 0 bridgehead atoms. The van der Waals surface area contributed by atoms with E-state index in [0.717, 1.165) is 5.56 Å². The van der Waals surface area contributed by atoms with Crippen molar-refractivity contribution >= 4 is 11.7 Å². The quantitative estimate of drug-likeness (QED) is 0.536. The van der Waals surface area contributed by atoms with Crippen LogP contribution in [0.4, 0.5) is 0 Å². The van der Waals surface area contributed by atoms with Crippen LogP contribution in [0.1, 0.15) is 15.9 Å². The Morgan fingerprint density at radius 3 is 1.88 bits per heavy atom. The van der Waals surface area contributed by atoms with Crippen LogP contribution < -0.4 is 0 Å². The topological polar surface area (TPSA) is 77.8 Å². The van der Waals surface area contributed by atoms with E-state index < -0.39 is 5.92 Å². The molecule has 0 radical (unpaired) electrons. The number of ketones is 1. The third kappa shape index (κ3) is 5.24. The Morgan fingerprint density at radius 1 is 0.840 bits per heavy atom. The standard InChI is InChI=1S/C20H23NO4/c22-13-11-21(12-14-23)20(25)18(15-16-7-3-1-4-8-16)19(24)17-9-5-2-6-10-17/h1-10,18,22-23H,11-15H2. The van der Waals surface area contributed by atoms with Gasteiger partial charge in [-0.1, -0.05) is 60.7 Å². The zero-order valence-corrected chi connectivity index (χ0v) is 14.0. The van der Waals surface area contributed by atoms with Crippen molar-refractivity contribution < 1.29 is 19.8 Å². The van der Waals surface area contributed by atoms with Gasteiger partial charge in [-0.15, -0.1) is 0 Å². The van der Waals surface area contributed by atoms with Gasteiger partial charge in [0.1, 0.15) is 5.92 Å². The van der Waals surface area contributed by atoms with E-state index in [2.05, 4.69) is 0 Å². The zero-order valence-electron chi connectivity index (χ0n) is 14.0. The van der Waals surface area contributed by atoms with Crippen LogP contribution in [-0.2, 0) is 11.2 Å². The molecule has 5 heteroatoms. The molecule has 0 aliphatic carbocycles. The molecule has 0 spiro atoms. The minimum absolute atomic E-state index is 0.0900. The van der Waals surface area contributed by atoms with Gasteiger partial charge in [0.25, 0.3) is 0 Å².